The second kappa shape index (κ2) is 18.7. The minimum absolute atomic E-state index is 0. The van der Waals surface area contributed by atoms with Gasteiger partial charge in [0.2, 0.25) is 0 Å². The van der Waals surface area contributed by atoms with Gasteiger partial charge < -0.3 is 25.4 Å². The van der Waals surface area contributed by atoms with E-state index in [1.54, 1.807) is 0 Å². The molecule has 0 amide bonds. The fourth-order valence-electron chi connectivity index (χ4n) is 2.42. The van der Waals surface area contributed by atoms with Crippen LogP contribution in [0.3, 0.4) is 0 Å². The topological polar surface area (TPSA) is 95.9 Å². The predicted molar refractivity (Wildman–Crippen MR) is 90.0 cm³/mol. The molecule has 0 aromatic heterocycles. The minimum Gasteiger partial charge on any atom is -0.550 e. The summed E-state index contributed by atoms with van der Waals surface area (Å²) in [5.41, 5.74) is 0. The molecule has 0 aromatic rings. The number of aliphatic carboxylic acids is 1. The second-order valence-electron chi connectivity index (χ2n) is 6.22. The van der Waals surface area contributed by atoms with Gasteiger partial charge in [0.15, 0.2) is 0 Å². The SMILES string of the molecule is CCCCC(O)CNCCN(CCC(=O)[O-])CC(O)CCCC.[K+]. The van der Waals surface area contributed by atoms with E-state index in [1.807, 2.05) is 4.90 Å². The summed E-state index contributed by atoms with van der Waals surface area (Å²) in [6.45, 7) is 6.90. The average Bonchev–Trinajstić information content (AvgIpc) is 2.52. The first-order valence-corrected chi connectivity index (χ1v) is 8.98. The molecule has 0 aliphatic carbocycles. The van der Waals surface area contributed by atoms with Gasteiger partial charge in [0.25, 0.3) is 0 Å². The van der Waals surface area contributed by atoms with E-state index in [0.29, 0.717) is 32.7 Å². The summed E-state index contributed by atoms with van der Waals surface area (Å²) < 4.78 is 0. The number of nitrogens with one attached hydrogen (secondary N) is 1. The molecular weight excluding hydrogens is 335 g/mol. The normalized spacial score (nSPS) is 13.5. The van der Waals surface area contributed by atoms with Gasteiger partial charge in [-0.25, -0.2) is 0 Å². The molecule has 0 bridgehead atoms. The summed E-state index contributed by atoms with van der Waals surface area (Å²) in [6.07, 6.45) is 4.85. The number of carbonyl (C=O) groups excluding carboxylic acids is 1. The van der Waals surface area contributed by atoms with Crippen LogP contribution >= 0.6 is 0 Å². The monoisotopic (exact) mass is 370 g/mol. The molecule has 138 valence electrons. The fraction of sp³-hybridized carbons (Fsp3) is 0.941. The van der Waals surface area contributed by atoms with Crippen molar-refractivity contribution >= 4 is 5.97 Å². The Hall–Kier alpha value is 0.946. The van der Waals surface area contributed by atoms with Gasteiger partial charge in [0, 0.05) is 38.7 Å². The molecule has 0 rings (SSSR count). The molecule has 2 unspecified atom stereocenters. The summed E-state index contributed by atoms with van der Waals surface area (Å²) in [6, 6.07) is 0. The Labute approximate surface area is 189 Å². The molecular formula is C17H35KN2O4. The number of unbranched alkanes of at least 4 members (excludes halogenated alkanes) is 2. The van der Waals surface area contributed by atoms with Gasteiger partial charge in [-0.15, -0.1) is 0 Å². The molecule has 3 N–H and O–H groups in total. The Kier molecular flexibility index (Phi) is 21.2. The molecule has 24 heavy (non-hydrogen) atoms. The number of carbonyl (C=O) groups is 1. The summed E-state index contributed by atoms with van der Waals surface area (Å²) >= 11 is 0. The molecule has 0 saturated carbocycles. The maximum atomic E-state index is 10.6. The van der Waals surface area contributed by atoms with Crippen LogP contribution in [-0.4, -0.2) is 66.0 Å². The molecule has 2 atom stereocenters. The third-order valence-electron chi connectivity index (χ3n) is 3.87. The van der Waals surface area contributed by atoms with Crippen LogP contribution in [0.1, 0.15) is 58.8 Å². The van der Waals surface area contributed by atoms with Crippen molar-refractivity contribution in [2.45, 2.75) is 71.0 Å². The van der Waals surface area contributed by atoms with Gasteiger partial charge in [-0.1, -0.05) is 39.5 Å². The Morgan fingerprint density at radius 1 is 1.08 bits per heavy atom. The number of hydrogen-bond acceptors (Lipinski definition) is 6. The first kappa shape index (κ1) is 27.2. The van der Waals surface area contributed by atoms with Gasteiger partial charge in [-0.2, -0.15) is 0 Å². The molecule has 6 nitrogen and oxygen atoms in total. The van der Waals surface area contributed by atoms with E-state index in [9.17, 15) is 20.1 Å². The molecule has 0 heterocycles. The predicted octanol–water partition coefficient (Wildman–Crippen LogP) is -2.88. The number of carboxylic acids is 1. The van der Waals surface area contributed by atoms with Gasteiger partial charge in [0.05, 0.1) is 12.2 Å². The number of nitrogens with zero attached hydrogens (tertiary/aromatic N) is 1. The summed E-state index contributed by atoms with van der Waals surface area (Å²) in [4.78, 5) is 12.6. The minimum atomic E-state index is -1.07. The largest absolute Gasteiger partial charge is 1.00 e. The smallest absolute Gasteiger partial charge is 0.550 e. The van der Waals surface area contributed by atoms with Crippen LogP contribution in [0.2, 0.25) is 0 Å². The summed E-state index contributed by atoms with van der Waals surface area (Å²) in [5, 5.41) is 33.6. The zero-order valence-corrected chi connectivity index (χ0v) is 18.9. The van der Waals surface area contributed by atoms with Crippen molar-refractivity contribution in [3.8, 4) is 0 Å². The van der Waals surface area contributed by atoms with Crippen molar-refractivity contribution in [3.05, 3.63) is 0 Å². The van der Waals surface area contributed by atoms with E-state index in [2.05, 4.69) is 19.2 Å². The van der Waals surface area contributed by atoms with E-state index in [1.165, 1.54) is 0 Å². The van der Waals surface area contributed by atoms with Gasteiger partial charge in [-0.3, -0.25) is 4.90 Å². The van der Waals surface area contributed by atoms with Crippen molar-refractivity contribution in [1.82, 2.24) is 10.2 Å². The third kappa shape index (κ3) is 17.8. The van der Waals surface area contributed by atoms with Crippen molar-refractivity contribution in [2.24, 2.45) is 0 Å². The molecule has 0 radical (unpaired) electrons. The standard InChI is InChI=1S/C17H36N2O4.K/c1-3-5-7-15(20)13-18-10-12-19(11-9-17(22)23)14-16(21)8-6-4-2;/h15-16,18,20-21H,3-14H2,1-2H3,(H,22,23);/q;+1/p-1. The van der Waals surface area contributed by atoms with Crippen molar-refractivity contribution in [2.75, 3.05) is 32.7 Å². The molecule has 7 heteroatoms. The van der Waals surface area contributed by atoms with Crippen molar-refractivity contribution in [1.29, 1.82) is 0 Å². The van der Waals surface area contributed by atoms with Crippen LogP contribution in [0.4, 0.5) is 0 Å². The van der Waals surface area contributed by atoms with Crippen LogP contribution in [0, 0.1) is 0 Å². The number of aliphatic hydroxyl groups is 2. The van der Waals surface area contributed by atoms with E-state index >= 15 is 0 Å². The van der Waals surface area contributed by atoms with Crippen LogP contribution < -0.4 is 61.8 Å². The quantitative estimate of drug-likeness (QED) is 0.200. The zero-order valence-electron chi connectivity index (χ0n) is 15.8. The van der Waals surface area contributed by atoms with Gasteiger partial charge in [-0.05, 0) is 19.3 Å². The van der Waals surface area contributed by atoms with E-state index in [0.717, 1.165) is 38.5 Å². The molecule has 0 saturated heterocycles. The number of rotatable bonds is 16. The second-order valence-corrected chi connectivity index (χ2v) is 6.22. The summed E-state index contributed by atoms with van der Waals surface area (Å²) in [5.74, 6) is -1.07. The van der Waals surface area contributed by atoms with E-state index in [-0.39, 0.29) is 63.9 Å². The Morgan fingerprint density at radius 3 is 2.21 bits per heavy atom. The molecule has 0 spiro atoms. The Morgan fingerprint density at radius 2 is 1.67 bits per heavy atom. The number of hydrogen-bond donors (Lipinski definition) is 3. The van der Waals surface area contributed by atoms with Crippen molar-refractivity contribution in [3.63, 3.8) is 0 Å². The maximum Gasteiger partial charge on any atom is 1.00 e. The molecule has 0 aromatic carbocycles. The maximum absolute atomic E-state index is 10.6. The van der Waals surface area contributed by atoms with Crippen molar-refractivity contribution < 1.29 is 71.5 Å². The van der Waals surface area contributed by atoms with Gasteiger partial charge >= 0.3 is 51.4 Å². The number of aliphatic hydroxyl groups excluding tert-OH is 2. The molecule has 0 aliphatic heterocycles. The van der Waals surface area contributed by atoms with E-state index < -0.39 is 12.1 Å². The number of carboxylic acid groups (broad SMARTS) is 1. The fourth-order valence-corrected chi connectivity index (χ4v) is 2.42. The Bertz CT molecular complexity index is 296. The summed E-state index contributed by atoms with van der Waals surface area (Å²) in [7, 11) is 0. The first-order chi connectivity index (χ1) is 11.0. The first-order valence-electron chi connectivity index (χ1n) is 8.98. The Balaban J connectivity index is 0. The van der Waals surface area contributed by atoms with Crippen LogP contribution in [0.5, 0.6) is 0 Å². The third-order valence-corrected chi connectivity index (χ3v) is 3.87. The van der Waals surface area contributed by atoms with E-state index in [4.69, 9.17) is 0 Å². The van der Waals surface area contributed by atoms with Gasteiger partial charge in [0.1, 0.15) is 0 Å². The van der Waals surface area contributed by atoms with Crippen LogP contribution in [0.25, 0.3) is 0 Å². The molecule has 0 fully saturated rings. The zero-order chi connectivity index (χ0) is 17.5. The van der Waals surface area contributed by atoms with Crippen LogP contribution in [0.15, 0.2) is 0 Å². The van der Waals surface area contributed by atoms with Crippen LogP contribution in [-0.2, 0) is 4.79 Å². The average molecular weight is 371 g/mol. The molecule has 0 aliphatic rings.